The SMILES string of the molecule is Cc1ccc(-c2nc(N)c(I)c(C3CCCC3)n2)o1. The molecule has 2 N–H and O–H groups in total. The zero-order valence-corrected chi connectivity index (χ0v) is 13.0. The molecule has 1 saturated carbocycles. The highest BCUT2D eigenvalue weighted by atomic mass is 127. The summed E-state index contributed by atoms with van der Waals surface area (Å²) >= 11 is 2.26. The monoisotopic (exact) mass is 369 g/mol. The number of aryl methyl sites for hydroxylation is 1. The van der Waals surface area contributed by atoms with E-state index in [1.165, 1.54) is 25.7 Å². The van der Waals surface area contributed by atoms with Gasteiger partial charge < -0.3 is 10.2 Å². The summed E-state index contributed by atoms with van der Waals surface area (Å²) in [4.78, 5) is 9.06. The van der Waals surface area contributed by atoms with Gasteiger partial charge in [0.1, 0.15) is 11.6 Å². The van der Waals surface area contributed by atoms with Gasteiger partial charge in [-0.3, -0.25) is 0 Å². The van der Waals surface area contributed by atoms with Crippen LogP contribution < -0.4 is 5.73 Å². The van der Waals surface area contributed by atoms with E-state index in [1.54, 1.807) is 0 Å². The fourth-order valence-corrected chi connectivity index (χ4v) is 3.30. The lowest BCUT2D eigenvalue weighted by atomic mass is 10.0. The molecule has 5 heteroatoms. The van der Waals surface area contributed by atoms with Crippen molar-refractivity contribution in [3.63, 3.8) is 0 Å². The third-order valence-electron chi connectivity index (χ3n) is 3.61. The number of furan rings is 1. The Labute approximate surface area is 126 Å². The molecular formula is C14H16IN3O. The zero-order valence-electron chi connectivity index (χ0n) is 10.8. The molecule has 19 heavy (non-hydrogen) atoms. The first kappa shape index (κ1) is 12.9. The highest BCUT2D eigenvalue weighted by Crippen LogP contribution is 2.37. The molecule has 2 aromatic rings. The number of rotatable bonds is 2. The second kappa shape index (κ2) is 5.11. The maximum absolute atomic E-state index is 6.03. The first-order valence-corrected chi connectivity index (χ1v) is 7.62. The van der Waals surface area contributed by atoms with Crippen LogP contribution >= 0.6 is 22.6 Å². The summed E-state index contributed by atoms with van der Waals surface area (Å²) in [7, 11) is 0. The van der Waals surface area contributed by atoms with E-state index in [0.29, 0.717) is 23.3 Å². The Balaban J connectivity index is 2.06. The minimum Gasteiger partial charge on any atom is -0.458 e. The summed E-state index contributed by atoms with van der Waals surface area (Å²) in [5.74, 6) is 3.24. The van der Waals surface area contributed by atoms with Crippen LogP contribution in [-0.4, -0.2) is 9.97 Å². The fraction of sp³-hybridized carbons (Fsp3) is 0.429. The van der Waals surface area contributed by atoms with Gasteiger partial charge in [-0.15, -0.1) is 0 Å². The van der Waals surface area contributed by atoms with Gasteiger partial charge in [-0.25, -0.2) is 9.97 Å². The van der Waals surface area contributed by atoms with Crippen LogP contribution in [0.4, 0.5) is 5.82 Å². The highest BCUT2D eigenvalue weighted by Gasteiger charge is 2.24. The summed E-state index contributed by atoms with van der Waals surface area (Å²) in [6.07, 6.45) is 4.95. The molecular weight excluding hydrogens is 353 g/mol. The molecule has 2 aromatic heterocycles. The van der Waals surface area contributed by atoms with E-state index in [4.69, 9.17) is 15.1 Å². The average Bonchev–Trinajstić information content (AvgIpc) is 3.03. The number of hydrogen-bond acceptors (Lipinski definition) is 4. The number of nitrogen functional groups attached to an aromatic ring is 1. The Morgan fingerprint density at radius 3 is 2.63 bits per heavy atom. The molecule has 0 aromatic carbocycles. The van der Waals surface area contributed by atoms with Gasteiger partial charge in [-0.05, 0) is 54.5 Å². The van der Waals surface area contributed by atoms with Gasteiger partial charge in [-0.1, -0.05) is 12.8 Å². The minimum atomic E-state index is 0.520. The third kappa shape index (κ3) is 2.48. The smallest absolute Gasteiger partial charge is 0.197 e. The molecule has 1 fully saturated rings. The van der Waals surface area contributed by atoms with Gasteiger partial charge in [0.25, 0.3) is 0 Å². The van der Waals surface area contributed by atoms with Crippen LogP contribution in [-0.2, 0) is 0 Å². The van der Waals surface area contributed by atoms with Crippen LogP contribution in [0, 0.1) is 10.5 Å². The second-order valence-electron chi connectivity index (χ2n) is 5.02. The van der Waals surface area contributed by atoms with E-state index in [0.717, 1.165) is 15.0 Å². The maximum Gasteiger partial charge on any atom is 0.197 e. The summed E-state index contributed by atoms with van der Waals surface area (Å²) in [5.41, 5.74) is 7.13. The molecule has 0 saturated heterocycles. The maximum atomic E-state index is 6.03. The van der Waals surface area contributed by atoms with Crippen molar-refractivity contribution in [3.05, 3.63) is 27.2 Å². The van der Waals surface area contributed by atoms with Crippen molar-refractivity contribution in [2.45, 2.75) is 38.5 Å². The molecule has 0 amide bonds. The predicted octanol–water partition coefficient (Wildman–Crippen LogP) is 3.89. The normalized spacial score (nSPS) is 16.1. The van der Waals surface area contributed by atoms with Gasteiger partial charge in [0.2, 0.25) is 0 Å². The predicted molar refractivity (Wildman–Crippen MR) is 82.8 cm³/mol. The number of anilines is 1. The Kier molecular flexibility index (Phi) is 3.47. The van der Waals surface area contributed by atoms with Crippen molar-refractivity contribution < 1.29 is 4.42 Å². The van der Waals surface area contributed by atoms with Crippen molar-refractivity contribution in [1.82, 2.24) is 9.97 Å². The topological polar surface area (TPSA) is 64.9 Å². The third-order valence-corrected chi connectivity index (χ3v) is 4.71. The van der Waals surface area contributed by atoms with E-state index in [1.807, 2.05) is 19.1 Å². The largest absolute Gasteiger partial charge is 0.458 e. The minimum absolute atomic E-state index is 0.520. The summed E-state index contributed by atoms with van der Waals surface area (Å²) in [5, 5.41) is 0. The quantitative estimate of drug-likeness (QED) is 0.816. The van der Waals surface area contributed by atoms with Crippen LogP contribution in [0.5, 0.6) is 0 Å². The van der Waals surface area contributed by atoms with Gasteiger partial charge in [-0.2, -0.15) is 0 Å². The van der Waals surface area contributed by atoms with E-state index < -0.39 is 0 Å². The summed E-state index contributed by atoms with van der Waals surface area (Å²) < 4.78 is 6.60. The standard InChI is InChI=1S/C14H16IN3O/c1-8-6-7-10(19-8)14-17-12(9-4-2-3-5-9)11(15)13(16)18-14/h6-7,9H,2-5H2,1H3,(H2,16,17,18). The fourth-order valence-electron chi connectivity index (χ4n) is 2.62. The van der Waals surface area contributed by atoms with Gasteiger partial charge in [0, 0.05) is 5.92 Å². The Bertz CT molecular complexity index is 603. The highest BCUT2D eigenvalue weighted by molar-refractivity contribution is 14.1. The van der Waals surface area contributed by atoms with Crippen LogP contribution in [0.2, 0.25) is 0 Å². The van der Waals surface area contributed by atoms with Crippen LogP contribution in [0.3, 0.4) is 0 Å². The van der Waals surface area contributed by atoms with Crippen LogP contribution in [0.1, 0.15) is 43.1 Å². The number of nitrogens with zero attached hydrogens (tertiary/aromatic N) is 2. The van der Waals surface area contributed by atoms with Gasteiger partial charge >= 0.3 is 0 Å². The molecule has 0 aliphatic heterocycles. The summed E-state index contributed by atoms with van der Waals surface area (Å²) in [6.45, 7) is 1.91. The molecule has 1 aliphatic rings. The molecule has 3 rings (SSSR count). The lowest BCUT2D eigenvalue weighted by Gasteiger charge is -2.13. The lowest BCUT2D eigenvalue weighted by Crippen LogP contribution is -2.07. The molecule has 1 aliphatic carbocycles. The van der Waals surface area contributed by atoms with E-state index in [9.17, 15) is 0 Å². The van der Waals surface area contributed by atoms with E-state index >= 15 is 0 Å². The van der Waals surface area contributed by atoms with Crippen molar-refractivity contribution in [2.24, 2.45) is 0 Å². The second-order valence-corrected chi connectivity index (χ2v) is 6.10. The Hall–Kier alpha value is -1.11. The van der Waals surface area contributed by atoms with E-state index in [-0.39, 0.29) is 0 Å². The molecule has 0 radical (unpaired) electrons. The van der Waals surface area contributed by atoms with Crippen molar-refractivity contribution in [2.75, 3.05) is 5.73 Å². The van der Waals surface area contributed by atoms with Gasteiger partial charge in [0.15, 0.2) is 11.6 Å². The van der Waals surface area contributed by atoms with Crippen LogP contribution in [0.25, 0.3) is 11.6 Å². The van der Waals surface area contributed by atoms with Crippen molar-refractivity contribution >= 4 is 28.4 Å². The average molecular weight is 369 g/mol. The number of hydrogen-bond donors (Lipinski definition) is 1. The molecule has 2 heterocycles. The zero-order chi connectivity index (χ0) is 13.4. The van der Waals surface area contributed by atoms with Crippen molar-refractivity contribution in [3.8, 4) is 11.6 Å². The van der Waals surface area contributed by atoms with Gasteiger partial charge in [0.05, 0.1) is 9.26 Å². The molecule has 100 valence electrons. The first-order chi connectivity index (χ1) is 9.15. The molecule has 0 atom stereocenters. The molecule has 0 unspecified atom stereocenters. The summed E-state index contributed by atoms with van der Waals surface area (Å²) in [6, 6.07) is 3.82. The molecule has 4 nitrogen and oxygen atoms in total. The van der Waals surface area contributed by atoms with Crippen LogP contribution in [0.15, 0.2) is 16.5 Å². The first-order valence-electron chi connectivity index (χ1n) is 6.55. The number of nitrogens with two attached hydrogens (primary N) is 1. The van der Waals surface area contributed by atoms with Crippen molar-refractivity contribution in [1.29, 1.82) is 0 Å². The Morgan fingerprint density at radius 2 is 2.00 bits per heavy atom. The molecule has 0 spiro atoms. The number of halogens is 1. The number of aromatic nitrogens is 2. The van der Waals surface area contributed by atoms with E-state index in [2.05, 4.69) is 27.6 Å². The molecule has 0 bridgehead atoms. The lowest BCUT2D eigenvalue weighted by molar-refractivity contribution is 0.543. The Morgan fingerprint density at radius 1 is 1.26 bits per heavy atom.